The fraction of sp³-hybridized carbons (Fsp3) is 0.400. The standard InChI is InChI=1S/C5H4F2O5/c6-5(7,4(11)12)1-2(8)3(9)10/h1H2,(H,9,10)(H,11,12). The average molecular weight is 182 g/mol. The molecule has 2 N–H and O–H groups in total. The topological polar surface area (TPSA) is 91.7 Å². The first kappa shape index (κ1) is 10.5. The summed E-state index contributed by atoms with van der Waals surface area (Å²) < 4.78 is 24.1. The Morgan fingerprint density at radius 1 is 1.17 bits per heavy atom. The van der Waals surface area contributed by atoms with E-state index in [2.05, 4.69) is 0 Å². The lowest BCUT2D eigenvalue weighted by Crippen LogP contribution is -2.33. The van der Waals surface area contributed by atoms with Gasteiger partial charge < -0.3 is 10.2 Å². The van der Waals surface area contributed by atoms with Crippen molar-refractivity contribution < 1.29 is 33.4 Å². The van der Waals surface area contributed by atoms with Crippen LogP contribution in [0.4, 0.5) is 8.78 Å². The van der Waals surface area contributed by atoms with E-state index >= 15 is 0 Å². The summed E-state index contributed by atoms with van der Waals surface area (Å²) in [7, 11) is 0. The highest BCUT2D eigenvalue weighted by Crippen LogP contribution is 2.18. The second kappa shape index (κ2) is 3.24. The fourth-order valence-corrected chi connectivity index (χ4v) is 0.353. The van der Waals surface area contributed by atoms with E-state index in [1.165, 1.54) is 0 Å². The summed E-state index contributed by atoms with van der Waals surface area (Å²) in [6, 6.07) is 0. The molecule has 68 valence electrons. The van der Waals surface area contributed by atoms with Gasteiger partial charge in [-0.05, 0) is 0 Å². The van der Waals surface area contributed by atoms with E-state index in [4.69, 9.17) is 10.2 Å². The summed E-state index contributed by atoms with van der Waals surface area (Å²) in [5, 5.41) is 15.6. The van der Waals surface area contributed by atoms with Gasteiger partial charge in [-0.1, -0.05) is 0 Å². The van der Waals surface area contributed by atoms with Gasteiger partial charge in [-0.2, -0.15) is 8.78 Å². The van der Waals surface area contributed by atoms with Crippen LogP contribution in [0.5, 0.6) is 0 Å². The number of hydrogen-bond acceptors (Lipinski definition) is 3. The number of rotatable bonds is 4. The molecule has 0 aromatic rings. The maximum absolute atomic E-state index is 12.1. The minimum Gasteiger partial charge on any atom is -0.477 e. The molecule has 0 aromatic carbocycles. The summed E-state index contributed by atoms with van der Waals surface area (Å²) in [4.78, 5) is 29.5. The van der Waals surface area contributed by atoms with E-state index in [0.717, 1.165) is 0 Å². The van der Waals surface area contributed by atoms with Gasteiger partial charge in [0.15, 0.2) is 0 Å². The maximum Gasteiger partial charge on any atom is 0.375 e. The molecule has 7 heteroatoms. The Kier molecular flexibility index (Phi) is 2.83. The third-order valence-electron chi connectivity index (χ3n) is 0.934. The number of aliphatic carboxylic acids is 2. The number of halogens is 2. The van der Waals surface area contributed by atoms with Crippen LogP contribution in [0, 0.1) is 0 Å². The lowest BCUT2D eigenvalue weighted by Gasteiger charge is -2.06. The van der Waals surface area contributed by atoms with Crippen LogP contribution in [0.3, 0.4) is 0 Å². The Labute approximate surface area is 64.6 Å². The predicted octanol–water partition coefficient (Wildman–Crippen LogP) is -0.250. The van der Waals surface area contributed by atoms with E-state index in [1.54, 1.807) is 0 Å². The first-order valence-electron chi connectivity index (χ1n) is 2.64. The van der Waals surface area contributed by atoms with Crippen LogP contribution in [0.25, 0.3) is 0 Å². The zero-order valence-electron chi connectivity index (χ0n) is 5.58. The van der Waals surface area contributed by atoms with Crippen molar-refractivity contribution in [1.82, 2.24) is 0 Å². The van der Waals surface area contributed by atoms with Gasteiger partial charge in [0.25, 0.3) is 0 Å². The Morgan fingerprint density at radius 2 is 1.58 bits per heavy atom. The molecule has 0 fully saturated rings. The second-order valence-electron chi connectivity index (χ2n) is 1.91. The van der Waals surface area contributed by atoms with Crippen LogP contribution in [0.2, 0.25) is 0 Å². The molecule has 0 aliphatic rings. The van der Waals surface area contributed by atoms with Gasteiger partial charge >= 0.3 is 17.9 Å². The zero-order valence-corrected chi connectivity index (χ0v) is 5.58. The van der Waals surface area contributed by atoms with Crippen molar-refractivity contribution >= 4 is 17.7 Å². The number of ketones is 1. The lowest BCUT2D eigenvalue weighted by molar-refractivity contribution is -0.169. The van der Waals surface area contributed by atoms with Crippen LogP contribution >= 0.6 is 0 Å². The van der Waals surface area contributed by atoms with Gasteiger partial charge in [-0.15, -0.1) is 0 Å². The quantitative estimate of drug-likeness (QED) is 0.585. The summed E-state index contributed by atoms with van der Waals surface area (Å²) in [5.74, 6) is -10.7. The molecule has 0 saturated carbocycles. The summed E-state index contributed by atoms with van der Waals surface area (Å²) in [5.41, 5.74) is 0. The SMILES string of the molecule is O=C(O)C(=O)CC(F)(F)C(=O)O. The number of carboxylic acid groups (broad SMARTS) is 2. The van der Waals surface area contributed by atoms with Crippen LogP contribution in [-0.4, -0.2) is 33.9 Å². The van der Waals surface area contributed by atoms with E-state index < -0.39 is 30.1 Å². The van der Waals surface area contributed by atoms with Crippen molar-refractivity contribution in [3.63, 3.8) is 0 Å². The van der Waals surface area contributed by atoms with Gasteiger partial charge in [-0.25, -0.2) is 9.59 Å². The highest BCUT2D eigenvalue weighted by Gasteiger charge is 2.42. The zero-order chi connectivity index (χ0) is 9.94. The molecular formula is C5H4F2O5. The van der Waals surface area contributed by atoms with Crippen LogP contribution in [0.15, 0.2) is 0 Å². The molecule has 0 bridgehead atoms. The van der Waals surface area contributed by atoms with E-state index in [-0.39, 0.29) is 0 Å². The molecule has 0 rings (SSSR count). The Balaban J connectivity index is 4.35. The number of hydrogen-bond donors (Lipinski definition) is 2. The van der Waals surface area contributed by atoms with Gasteiger partial charge in [0.1, 0.15) is 0 Å². The molecule has 0 atom stereocenters. The summed E-state index contributed by atoms with van der Waals surface area (Å²) in [6.07, 6.45) is -1.82. The maximum atomic E-state index is 12.1. The molecule has 0 aliphatic carbocycles. The molecule has 12 heavy (non-hydrogen) atoms. The van der Waals surface area contributed by atoms with Crippen LogP contribution in [-0.2, 0) is 14.4 Å². The van der Waals surface area contributed by atoms with Crippen LogP contribution in [0.1, 0.15) is 6.42 Å². The third kappa shape index (κ3) is 2.60. The van der Waals surface area contributed by atoms with Crippen molar-refractivity contribution in [3.05, 3.63) is 0 Å². The molecule has 0 aromatic heterocycles. The lowest BCUT2D eigenvalue weighted by atomic mass is 10.2. The molecule has 0 amide bonds. The highest BCUT2D eigenvalue weighted by molar-refractivity contribution is 6.33. The number of carbonyl (C=O) groups excluding carboxylic acids is 1. The Hall–Kier alpha value is -1.53. The molecule has 0 aliphatic heterocycles. The number of alkyl halides is 2. The molecule has 5 nitrogen and oxygen atoms in total. The minimum atomic E-state index is -4.31. The smallest absolute Gasteiger partial charge is 0.375 e. The first-order valence-corrected chi connectivity index (χ1v) is 2.64. The largest absolute Gasteiger partial charge is 0.477 e. The Bertz CT molecular complexity index is 234. The number of carboxylic acids is 2. The van der Waals surface area contributed by atoms with Gasteiger partial charge in [-0.3, -0.25) is 4.79 Å². The van der Waals surface area contributed by atoms with Crippen molar-refractivity contribution in [2.75, 3.05) is 0 Å². The molecule has 0 saturated heterocycles. The highest BCUT2D eigenvalue weighted by atomic mass is 19.3. The fourth-order valence-electron chi connectivity index (χ4n) is 0.353. The monoisotopic (exact) mass is 182 g/mol. The van der Waals surface area contributed by atoms with Crippen molar-refractivity contribution in [3.8, 4) is 0 Å². The minimum absolute atomic E-state index is 1.82. The average Bonchev–Trinajstić information content (AvgIpc) is 1.85. The first-order chi connectivity index (χ1) is 5.27. The number of carbonyl (C=O) groups is 3. The summed E-state index contributed by atoms with van der Waals surface area (Å²) >= 11 is 0. The van der Waals surface area contributed by atoms with E-state index in [1.807, 2.05) is 0 Å². The van der Waals surface area contributed by atoms with E-state index in [0.29, 0.717) is 0 Å². The summed E-state index contributed by atoms with van der Waals surface area (Å²) in [6.45, 7) is 0. The van der Waals surface area contributed by atoms with Crippen molar-refractivity contribution in [2.45, 2.75) is 12.3 Å². The second-order valence-corrected chi connectivity index (χ2v) is 1.91. The van der Waals surface area contributed by atoms with Gasteiger partial charge in [0.2, 0.25) is 5.78 Å². The number of Topliss-reactive ketones (excluding diaryl/α,β-unsaturated/α-hetero) is 1. The van der Waals surface area contributed by atoms with Gasteiger partial charge in [0.05, 0.1) is 6.42 Å². The van der Waals surface area contributed by atoms with Crippen molar-refractivity contribution in [1.29, 1.82) is 0 Å². The normalized spacial score (nSPS) is 10.8. The van der Waals surface area contributed by atoms with Crippen molar-refractivity contribution in [2.24, 2.45) is 0 Å². The molecule has 0 heterocycles. The molecular weight excluding hydrogens is 178 g/mol. The third-order valence-corrected chi connectivity index (χ3v) is 0.934. The molecule has 0 radical (unpaired) electrons. The van der Waals surface area contributed by atoms with Gasteiger partial charge in [0, 0.05) is 0 Å². The Morgan fingerprint density at radius 3 is 1.83 bits per heavy atom. The molecule has 0 spiro atoms. The predicted molar refractivity (Wildman–Crippen MR) is 29.8 cm³/mol. The van der Waals surface area contributed by atoms with E-state index in [9.17, 15) is 23.2 Å². The van der Waals surface area contributed by atoms with Crippen LogP contribution < -0.4 is 0 Å². The molecule has 0 unspecified atom stereocenters.